The van der Waals surface area contributed by atoms with Crippen LogP contribution in [-0.4, -0.2) is 25.7 Å². The Balaban J connectivity index is 2.95. The molecule has 0 spiro atoms. The number of carbonyl (C=O) groups is 1. The molecule has 0 saturated carbocycles. The van der Waals surface area contributed by atoms with Gasteiger partial charge < -0.3 is 14.8 Å². The number of nitrogens with zero attached hydrogens (tertiary/aromatic N) is 1. The minimum absolute atomic E-state index is 0.439. The largest absolute Gasteiger partial charge is 0.493 e. The van der Waals surface area contributed by atoms with Crippen LogP contribution in [0.25, 0.3) is 0 Å². The lowest BCUT2D eigenvalue weighted by atomic mass is 10.1. The van der Waals surface area contributed by atoms with E-state index >= 15 is 0 Å². The molecule has 0 aromatic heterocycles. The normalized spacial score (nSPS) is 12.2. The van der Waals surface area contributed by atoms with Crippen molar-refractivity contribution in [3.8, 4) is 17.6 Å². The fourth-order valence-corrected chi connectivity index (χ4v) is 1.75. The highest BCUT2D eigenvalue weighted by molar-refractivity contribution is 6.30. The number of nitriles is 1. The SMILES string of the molecule is COc1ccc(C(Cl)C(=O)NC(C)(C)C#N)cc1OC. The van der Waals surface area contributed by atoms with E-state index in [4.69, 9.17) is 26.3 Å². The van der Waals surface area contributed by atoms with Crippen LogP contribution in [0.5, 0.6) is 11.5 Å². The van der Waals surface area contributed by atoms with Crippen molar-refractivity contribution < 1.29 is 14.3 Å². The van der Waals surface area contributed by atoms with Crippen LogP contribution in [0.4, 0.5) is 0 Å². The van der Waals surface area contributed by atoms with Crippen LogP contribution in [0.15, 0.2) is 18.2 Å². The minimum Gasteiger partial charge on any atom is -0.493 e. The molecule has 1 amide bonds. The molecule has 108 valence electrons. The van der Waals surface area contributed by atoms with Crippen LogP contribution in [0, 0.1) is 11.3 Å². The van der Waals surface area contributed by atoms with Gasteiger partial charge in [-0.1, -0.05) is 6.07 Å². The van der Waals surface area contributed by atoms with E-state index in [9.17, 15) is 4.79 Å². The molecule has 5 nitrogen and oxygen atoms in total. The van der Waals surface area contributed by atoms with E-state index in [0.717, 1.165) is 0 Å². The molecule has 0 heterocycles. The van der Waals surface area contributed by atoms with Gasteiger partial charge in [0.05, 0.1) is 20.3 Å². The first-order valence-electron chi connectivity index (χ1n) is 5.94. The maximum Gasteiger partial charge on any atom is 0.243 e. The van der Waals surface area contributed by atoms with Crippen molar-refractivity contribution in [1.82, 2.24) is 5.32 Å². The van der Waals surface area contributed by atoms with Gasteiger partial charge in [-0.15, -0.1) is 11.6 Å². The third-order valence-electron chi connectivity index (χ3n) is 2.65. The van der Waals surface area contributed by atoms with E-state index in [1.54, 1.807) is 32.0 Å². The van der Waals surface area contributed by atoms with E-state index in [0.29, 0.717) is 17.1 Å². The molecular formula is C14H17ClN2O3. The third kappa shape index (κ3) is 3.78. The van der Waals surface area contributed by atoms with Gasteiger partial charge in [-0.2, -0.15) is 5.26 Å². The Morgan fingerprint density at radius 2 is 1.95 bits per heavy atom. The van der Waals surface area contributed by atoms with Crippen molar-refractivity contribution in [2.24, 2.45) is 0 Å². The van der Waals surface area contributed by atoms with E-state index < -0.39 is 16.8 Å². The molecule has 1 N–H and O–H groups in total. The zero-order chi connectivity index (χ0) is 15.3. The van der Waals surface area contributed by atoms with Crippen LogP contribution in [0.2, 0.25) is 0 Å². The lowest BCUT2D eigenvalue weighted by Crippen LogP contribution is -2.43. The van der Waals surface area contributed by atoms with Gasteiger partial charge in [0.2, 0.25) is 5.91 Å². The smallest absolute Gasteiger partial charge is 0.243 e. The molecule has 1 aromatic rings. The molecule has 6 heteroatoms. The molecule has 1 aromatic carbocycles. The summed E-state index contributed by atoms with van der Waals surface area (Å²) >= 11 is 6.13. The van der Waals surface area contributed by atoms with Crippen LogP contribution < -0.4 is 14.8 Å². The van der Waals surface area contributed by atoms with Crippen LogP contribution in [-0.2, 0) is 4.79 Å². The Bertz CT molecular complexity index is 538. The highest BCUT2D eigenvalue weighted by Crippen LogP contribution is 2.32. The predicted molar refractivity (Wildman–Crippen MR) is 76.0 cm³/mol. The highest BCUT2D eigenvalue weighted by Gasteiger charge is 2.26. The number of rotatable bonds is 5. The summed E-state index contributed by atoms with van der Waals surface area (Å²) in [4.78, 5) is 12.0. The zero-order valence-electron chi connectivity index (χ0n) is 11.9. The van der Waals surface area contributed by atoms with Gasteiger partial charge in [-0.05, 0) is 31.5 Å². The average Bonchev–Trinajstić information content (AvgIpc) is 2.45. The van der Waals surface area contributed by atoms with Crippen LogP contribution in [0.1, 0.15) is 24.8 Å². The Morgan fingerprint density at radius 1 is 1.35 bits per heavy atom. The van der Waals surface area contributed by atoms with Crippen LogP contribution >= 0.6 is 11.6 Å². The number of hydrogen-bond acceptors (Lipinski definition) is 4. The molecular weight excluding hydrogens is 280 g/mol. The van der Waals surface area contributed by atoms with E-state index in [2.05, 4.69) is 5.32 Å². The van der Waals surface area contributed by atoms with Crippen molar-refractivity contribution in [1.29, 1.82) is 5.26 Å². The highest BCUT2D eigenvalue weighted by atomic mass is 35.5. The first kappa shape index (κ1) is 16.1. The minimum atomic E-state index is -0.971. The maximum atomic E-state index is 12.0. The van der Waals surface area contributed by atoms with Gasteiger partial charge in [0.15, 0.2) is 11.5 Å². The van der Waals surface area contributed by atoms with Gasteiger partial charge in [-0.3, -0.25) is 4.79 Å². The number of benzene rings is 1. The standard InChI is InChI=1S/C14H17ClN2O3/c1-14(2,8-16)17-13(18)12(15)9-5-6-10(19-3)11(7-9)20-4/h5-7,12H,1-4H3,(H,17,18). The fraction of sp³-hybridized carbons (Fsp3) is 0.429. The summed E-state index contributed by atoms with van der Waals surface area (Å²) in [5, 5.41) is 10.6. The van der Waals surface area contributed by atoms with E-state index in [1.807, 2.05) is 6.07 Å². The number of carbonyl (C=O) groups excluding carboxylic acids is 1. The summed E-state index contributed by atoms with van der Waals surface area (Å²) in [6, 6.07) is 6.97. The molecule has 20 heavy (non-hydrogen) atoms. The predicted octanol–water partition coefficient (Wildman–Crippen LogP) is 2.40. The molecule has 1 rings (SSSR count). The van der Waals surface area contributed by atoms with Crippen molar-refractivity contribution >= 4 is 17.5 Å². The fourth-order valence-electron chi connectivity index (χ4n) is 1.56. The Labute approximate surface area is 123 Å². The Kier molecular flexibility index (Phi) is 5.23. The molecule has 0 fully saturated rings. The Morgan fingerprint density at radius 3 is 2.45 bits per heavy atom. The summed E-state index contributed by atoms with van der Waals surface area (Å²) in [6.45, 7) is 3.20. The summed E-state index contributed by atoms with van der Waals surface area (Å²) in [6.07, 6.45) is 0. The molecule has 1 unspecified atom stereocenters. The average molecular weight is 297 g/mol. The number of ether oxygens (including phenoxy) is 2. The molecule has 0 aliphatic heterocycles. The van der Waals surface area contributed by atoms with E-state index in [1.165, 1.54) is 14.2 Å². The number of hydrogen-bond donors (Lipinski definition) is 1. The molecule has 0 bridgehead atoms. The Hall–Kier alpha value is -1.93. The van der Waals surface area contributed by atoms with Gasteiger partial charge in [0.1, 0.15) is 10.9 Å². The lowest BCUT2D eigenvalue weighted by Gasteiger charge is -2.20. The quantitative estimate of drug-likeness (QED) is 0.847. The molecule has 0 saturated heterocycles. The van der Waals surface area contributed by atoms with Gasteiger partial charge in [0, 0.05) is 0 Å². The monoisotopic (exact) mass is 296 g/mol. The molecule has 0 radical (unpaired) electrons. The second-order valence-corrected chi connectivity index (χ2v) is 5.14. The first-order chi connectivity index (χ1) is 9.34. The first-order valence-corrected chi connectivity index (χ1v) is 6.37. The third-order valence-corrected chi connectivity index (χ3v) is 3.10. The van der Waals surface area contributed by atoms with Crippen molar-refractivity contribution in [3.05, 3.63) is 23.8 Å². The van der Waals surface area contributed by atoms with Crippen LogP contribution in [0.3, 0.4) is 0 Å². The maximum absolute atomic E-state index is 12.0. The van der Waals surface area contributed by atoms with Crippen molar-refractivity contribution in [2.45, 2.75) is 24.8 Å². The number of halogens is 1. The number of nitrogens with one attached hydrogen (secondary N) is 1. The zero-order valence-corrected chi connectivity index (χ0v) is 12.6. The number of alkyl halides is 1. The number of methoxy groups -OCH3 is 2. The summed E-state index contributed by atoms with van der Waals surface area (Å²) < 4.78 is 10.3. The summed E-state index contributed by atoms with van der Waals surface area (Å²) in [5.41, 5.74) is -0.406. The summed E-state index contributed by atoms with van der Waals surface area (Å²) in [7, 11) is 3.03. The summed E-state index contributed by atoms with van der Waals surface area (Å²) in [5.74, 6) is 0.603. The second kappa shape index (κ2) is 6.49. The van der Waals surface area contributed by atoms with Crippen molar-refractivity contribution in [3.63, 3.8) is 0 Å². The van der Waals surface area contributed by atoms with Gasteiger partial charge >= 0.3 is 0 Å². The lowest BCUT2D eigenvalue weighted by molar-refractivity contribution is -0.121. The second-order valence-electron chi connectivity index (χ2n) is 4.70. The molecule has 1 atom stereocenters. The van der Waals surface area contributed by atoms with E-state index in [-0.39, 0.29) is 0 Å². The van der Waals surface area contributed by atoms with Crippen molar-refractivity contribution in [2.75, 3.05) is 14.2 Å². The van der Waals surface area contributed by atoms with Gasteiger partial charge in [0.25, 0.3) is 0 Å². The topological polar surface area (TPSA) is 71.3 Å². The molecule has 0 aliphatic rings. The van der Waals surface area contributed by atoms with Gasteiger partial charge in [-0.25, -0.2) is 0 Å². The number of amides is 1. The molecule has 0 aliphatic carbocycles.